The van der Waals surface area contributed by atoms with Crippen LogP contribution in [0.25, 0.3) is 75.1 Å². The van der Waals surface area contributed by atoms with Crippen LogP contribution in [0.15, 0.2) is 180 Å². The normalized spacial score (nSPS) is 11.7. The Morgan fingerprint density at radius 1 is 0.408 bits per heavy atom. The van der Waals surface area contributed by atoms with Gasteiger partial charge in [0.15, 0.2) is 5.58 Å². The molecule has 0 unspecified atom stereocenters. The summed E-state index contributed by atoms with van der Waals surface area (Å²) in [5, 5.41) is 7.26. The second kappa shape index (κ2) is 11.2. The molecule has 0 spiro atoms. The average Bonchev–Trinajstić information content (AvgIpc) is 3.74. The molecule has 2 nitrogen and oxygen atoms in total. The molecule has 0 aliphatic rings. The van der Waals surface area contributed by atoms with Gasteiger partial charge in [-0.3, -0.25) is 0 Å². The number of hydrogen-bond acceptors (Lipinski definition) is 3. The Kier molecular flexibility index (Phi) is 6.39. The number of anilines is 3. The van der Waals surface area contributed by atoms with E-state index in [1.54, 1.807) is 0 Å². The number of fused-ring (bicyclic) bond motifs is 7. The summed E-state index contributed by atoms with van der Waals surface area (Å²) in [6, 6.07) is 63.3. The van der Waals surface area contributed by atoms with Crippen molar-refractivity contribution in [1.82, 2.24) is 0 Å². The summed E-state index contributed by atoms with van der Waals surface area (Å²) in [4.78, 5) is 2.41. The third-order valence-corrected chi connectivity index (χ3v) is 10.8. The lowest BCUT2D eigenvalue weighted by molar-refractivity contribution is 0.669. The van der Waals surface area contributed by atoms with Gasteiger partial charge in [0, 0.05) is 42.2 Å². The van der Waals surface area contributed by atoms with E-state index in [4.69, 9.17) is 4.42 Å². The van der Waals surface area contributed by atoms with Crippen LogP contribution >= 0.6 is 11.3 Å². The molecule has 0 atom stereocenters. The quantitative estimate of drug-likeness (QED) is 0.186. The van der Waals surface area contributed by atoms with Crippen LogP contribution in [0, 0.1) is 0 Å². The molecular formula is C46H29NOS. The molecule has 3 heteroatoms. The molecular weight excluding hydrogens is 615 g/mol. The highest BCUT2D eigenvalue weighted by molar-refractivity contribution is 7.25. The van der Waals surface area contributed by atoms with Gasteiger partial charge in [-0.25, -0.2) is 0 Å². The van der Waals surface area contributed by atoms with E-state index in [0.29, 0.717) is 0 Å². The van der Waals surface area contributed by atoms with Gasteiger partial charge in [0.25, 0.3) is 0 Å². The highest BCUT2D eigenvalue weighted by Gasteiger charge is 2.23. The molecule has 0 saturated heterocycles. The molecule has 2 aromatic heterocycles. The number of thiophene rings is 1. The van der Waals surface area contributed by atoms with Crippen molar-refractivity contribution in [3.05, 3.63) is 176 Å². The van der Waals surface area contributed by atoms with Gasteiger partial charge in [-0.1, -0.05) is 140 Å². The molecule has 230 valence electrons. The van der Waals surface area contributed by atoms with Crippen LogP contribution in [0.1, 0.15) is 0 Å². The molecule has 0 saturated carbocycles. The average molecular weight is 644 g/mol. The summed E-state index contributed by atoms with van der Waals surface area (Å²) in [6.07, 6.45) is 0. The number of nitrogens with zero attached hydrogens (tertiary/aromatic N) is 1. The van der Waals surface area contributed by atoms with Crippen LogP contribution < -0.4 is 4.90 Å². The Morgan fingerprint density at radius 3 is 2.04 bits per heavy atom. The third kappa shape index (κ3) is 4.55. The van der Waals surface area contributed by atoms with Gasteiger partial charge >= 0.3 is 0 Å². The molecule has 8 aromatic carbocycles. The second-order valence-corrected chi connectivity index (χ2v) is 13.6. The van der Waals surface area contributed by atoms with Gasteiger partial charge in [-0.05, 0) is 63.9 Å². The second-order valence-electron chi connectivity index (χ2n) is 12.5. The van der Waals surface area contributed by atoms with Crippen molar-refractivity contribution >= 4 is 81.3 Å². The monoisotopic (exact) mass is 643 g/mol. The van der Waals surface area contributed by atoms with E-state index in [2.05, 4.69) is 175 Å². The highest BCUT2D eigenvalue weighted by Crippen LogP contribution is 2.48. The van der Waals surface area contributed by atoms with E-state index in [9.17, 15) is 0 Å². The lowest BCUT2D eigenvalue weighted by Gasteiger charge is -2.29. The first-order chi connectivity index (χ1) is 24.3. The molecule has 10 rings (SSSR count). The van der Waals surface area contributed by atoms with Gasteiger partial charge in [-0.15, -0.1) is 11.3 Å². The molecule has 0 amide bonds. The maximum absolute atomic E-state index is 6.72. The fourth-order valence-corrected chi connectivity index (χ4v) is 8.53. The molecule has 0 aliphatic heterocycles. The summed E-state index contributed by atoms with van der Waals surface area (Å²) < 4.78 is 9.27. The van der Waals surface area contributed by atoms with Crippen LogP contribution in [0.4, 0.5) is 17.1 Å². The van der Waals surface area contributed by atoms with Crippen molar-refractivity contribution in [2.75, 3.05) is 4.90 Å². The number of para-hydroxylation sites is 2. The Hall–Kier alpha value is -6.16. The third-order valence-electron chi connectivity index (χ3n) is 9.67. The van der Waals surface area contributed by atoms with Gasteiger partial charge in [-0.2, -0.15) is 0 Å². The minimum absolute atomic E-state index is 0.870. The van der Waals surface area contributed by atoms with Crippen molar-refractivity contribution in [2.24, 2.45) is 0 Å². The summed E-state index contributed by atoms with van der Waals surface area (Å²) in [7, 11) is 0. The summed E-state index contributed by atoms with van der Waals surface area (Å²) in [5.41, 5.74) is 9.61. The smallest absolute Gasteiger partial charge is 0.159 e. The lowest BCUT2D eigenvalue weighted by atomic mass is 9.94. The van der Waals surface area contributed by atoms with Crippen molar-refractivity contribution < 1.29 is 4.42 Å². The number of hydrogen-bond donors (Lipinski definition) is 0. The van der Waals surface area contributed by atoms with E-state index >= 15 is 0 Å². The first kappa shape index (κ1) is 27.9. The molecule has 49 heavy (non-hydrogen) atoms. The topological polar surface area (TPSA) is 16.4 Å². The Labute approximate surface area is 287 Å². The SMILES string of the molecule is c1ccc(-c2ccc(-c3cccc4ccccc34)cc2N(c2ccc3c(c2)sc2ccccc23)c2cccc3c2oc2ccccc23)cc1. The maximum atomic E-state index is 6.72. The summed E-state index contributed by atoms with van der Waals surface area (Å²) >= 11 is 1.84. The zero-order chi connectivity index (χ0) is 32.3. The van der Waals surface area contributed by atoms with Crippen LogP contribution in [0.5, 0.6) is 0 Å². The van der Waals surface area contributed by atoms with Crippen LogP contribution in [0.3, 0.4) is 0 Å². The van der Waals surface area contributed by atoms with Crippen LogP contribution in [0.2, 0.25) is 0 Å². The number of rotatable bonds is 5. The van der Waals surface area contributed by atoms with E-state index < -0.39 is 0 Å². The van der Waals surface area contributed by atoms with E-state index in [-0.39, 0.29) is 0 Å². The Morgan fingerprint density at radius 2 is 1.12 bits per heavy atom. The molecule has 0 radical (unpaired) electrons. The van der Waals surface area contributed by atoms with Crippen LogP contribution in [-0.2, 0) is 0 Å². The van der Waals surface area contributed by atoms with Gasteiger partial charge in [0.1, 0.15) is 5.58 Å². The Bertz CT molecular complexity index is 2840. The maximum Gasteiger partial charge on any atom is 0.159 e. The van der Waals surface area contributed by atoms with E-state index in [0.717, 1.165) is 55.7 Å². The van der Waals surface area contributed by atoms with Crippen molar-refractivity contribution in [3.63, 3.8) is 0 Å². The predicted octanol–water partition coefficient (Wildman–Crippen LogP) is 13.9. The molecule has 0 fully saturated rings. The fraction of sp³-hybridized carbons (Fsp3) is 0. The fourth-order valence-electron chi connectivity index (χ4n) is 7.39. The van der Waals surface area contributed by atoms with Gasteiger partial charge < -0.3 is 9.32 Å². The minimum Gasteiger partial charge on any atom is -0.454 e. The summed E-state index contributed by atoms with van der Waals surface area (Å²) in [5.74, 6) is 0. The van der Waals surface area contributed by atoms with E-state index in [1.165, 1.54) is 36.5 Å². The molecule has 0 aliphatic carbocycles. The molecule has 0 bridgehead atoms. The molecule has 10 aromatic rings. The van der Waals surface area contributed by atoms with Crippen LogP contribution in [-0.4, -0.2) is 0 Å². The van der Waals surface area contributed by atoms with Crippen molar-refractivity contribution in [1.29, 1.82) is 0 Å². The summed E-state index contributed by atoms with van der Waals surface area (Å²) in [6.45, 7) is 0. The van der Waals surface area contributed by atoms with E-state index in [1.807, 2.05) is 17.4 Å². The van der Waals surface area contributed by atoms with Gasteiger partial charge in [0.05, 0.1) is 11.4 Å². The van der Waals surface area contributed by atoms with Crippen molar-refractivity contribution in [2.45, 2.75) is 0 Å². The first-order valence-electron chi connectivity index (χ1n) is 16.6. The zero-order valence-corrected chi connectivity index (χ0v) is 27.3. The first-order valence-corrected chi connectivity index (χ1v) is 17.4. The molecule has 2 heterocycles. The zero-order valence-electron chi connectivity index (χ0n) is 26.5. The predicted molar refractivity (Wildman–Crippen MR) is 210 cm³/mol. The minimum atomic E-state index is 0.870. The number of furan rings is 1. The molecule has 0 N–H and O–H groups in total. The lowest BCUT2D eigenvalue weighted by Crippen LogP contribution is -2.11. The largest absolute Gasteiger partial charge is 0.454 e. The van der Waals surface area contributed by atoms with Crippen molar-refractivity contribution in [3.8, 4) is 22.3 Å². The van der Waals surface area contributed by atoms with Gasteiger partial charge in [0.2, 0.25) is 0 Å². The highest BCUT2D eigenvalue weighted by atomic mass is 32.1. The standard InChI is InChI=1S/C46H29NOS/c1-2-12-31(13-3-1)36-26-24-32(35-19-10-15-30-14-4-5-16-34(30)35)28-42(36)47(33-25-27-39-38-18-7-9-23-44(38)49-45(39)29-33)41-21-11-20-40-37-17-6-8-22-43(37)48-46(40)41/h1-29H. The number of benzene rings is 8. The Balaban J connectivity index is 1.30.